The van der Waals surface area contributed by atoms with Crippen molar-refractivity contribution in [2.75, 3.05) is 12.8 Å². The van der Waals surface area contributed by atoms with E-state index in [0.717, 1.165) is 33.5 Å². The standard InChI is InChI=1S/C21H24FN3O2S/c1-14-7-8-20-21(24-14)19(15(2)25(20)13-17(22)9-10-23)12-16-5-4-6-18(11-16)28(3,26)27/h4-9,11H,10,12-13,23H2,1-3H3/b17-9-. The number of nitrogens with two attached hydrogens (primary N) is 1. The molecule has 0 spiro atoms. The van der Waals surface area contributed by atoms with Gasteiger partial charge in [0.05, 0.1) is 22.5 Å². The number of allylic oxidation sites excluding steroid dienone is 1. The van der Waals surface area contributed by atoms with Crippen LogP contribution in [0.15, 0.2) is 53.2 Å². The average Bonchev–Trinajstić information content (AvgIpc) is 2.87. The van der Waals surface area contributed by atoms with Gasteiger partial charge in [-0.05, 0) is 49.8 Å². The number of pyridine rings is 1. The van der Waals surface area contributed by atoms with E-state index in [4.69, 9.17) is 5.73 Å². The molecular weight excluding hydrogens is 377 g/mol. The summed E-state index contributed by atoms with van der Waals surface area (Å²) in [6.07, 6.45) is 3.07. The van der Waals surface area contributed by atoms with Crippen LogP contribution in [0.2, 0.25) is 0 Å². The van der Waals surface area contributed by atoms with Gasteiger partial charge in [0.1, 0.15) is 5.83 Å². The van der Waals surface area contributed by atoms with Crippen LogP contribution in [0, 0.1) is 13.8 Å². The maximum absolute atomic E-state index is 14.2. The minimum absolute atomic E-state index is 0.0909. The molecule has 0 radical (unpaired) electrons. The maximum Gasteiger partial charge on any atom is 0.175 e. The number of sulfone groups is 1. The summed E-state index contributed by atoms with van der Waals surface area (Å²) in [7, 11) is -3.28. The highest BCUT2D eigenvalue weighted by molar-refractivity contribution is 7.90. The minimum atomic E-state index is -3.28. The molecule has 7 heteroatoms. The van der Waals surface area contributed by atoms with Crippen molar-refractivity contribution in [3.8, 4) is 0 Å². The Hall–Kier alpha value is -2.51. The normalized spacial score (nSPS) is 12.7. The van der Waals surface area contributed by atoms with E-state index in [1.165, 1.54) is 12.3 Å². The molecule has 148 valence electrons. The molecule has 2 aromatic heterocycles. The zero-order chi connectivity index (χ0) is 20.5. The molecule has 5 nitrogen and oxygen atoms in total. The maximum atomic E-state index is 14.2. The Kier molecular flexibility index (Phi) is 5.67. The van der Waals surface area contributed by atoms with Crippen molar-refractivity contribution in [3.05, 3.63) is 70.8 Å². The summed E-state index contributed by atoms with van der Waals surface area (Å²) in [5.41, 5.74) is 10.7. The van der Waals surface area contributed by atoms with Gasteiger partial charge in [0.15, 0.2) is 9.84 Å². The molecule has 3 aromatic rings. The van der Waals surface area contributed by atoms with Crippen LogP contribution in [0.25, 0.3) is 11.0 Å². The summed E-state index contributed by atoms with van der Waals surface area (Å²) in [5.74, 6) is -0.298. The van der Waals surface area contributed by atoms with E-state index in [-0.39, 0.29) is 23.8 Å². The fourth-order valence-electron chi connectivity index (χ4n) is 3.35. The van der Waals surface area contributed by atoms with Crippen molar-refractivity contribution in [3.63, 3.8) is 0 Å². The fourth-order valence-corrected chi connectivity index (χ4v) is 4.04. The molecule has 3 rings (SSSR count). The Morgan fingerprint density at radius 1 is 1.25 bits per heavy atom. The summed E-state index contributed by atoms with van der Waals surface area (Å²) in [5, 5.41) is 0. The smallest absolute Gasteiger partial charge is 0.175 e. The van der Waals surface area contributed by atoms with Gasteiger partial charge in [-0.15, -0.1) is 0 Å². The Balaban J connectivity index is 2.12. The number of halogens is 1. The lowest BCUT2D eigenvalue weighted by Gasteiger charge is -2.08. The second kappa shape index (κ2) is 7.85. The summed E-state index contributed by atoms with van der Waals surface area (Å²) < 4.78 is 39.8. The fraction of sp³-hybridized carbons (Fsp3) is 0.286. The molecule has 0 aliphatic heterocycles. The van der Waals surface area contributed by atoms with Crippen molar-refractivity contribution >= 4 is 20.9 Å². The molecule has 0 aliphatic carbocycles. The van der Waals surface area contributed by atoms with Crippen LogP contribution >= 0.6 is 0 Å². The Bertz CT molecular complexity index is 1160. The second-order valence-electron chi connectivity index (χ2n) is 6.95. The molecule has 0 aliphatic rings. The summed E-state index contributed by atoms with van der Waals surface area (Å²) in [4.78, 5) is 4.96. The van der Waals surface area contributed by atoms with Crippen molar-refractivity contribution in [1.29, 1.82) is 0 Å². The van der Waals surface area contributed by atoms with Gasteiger partial charge >= 0.3 is 0 Å². The van der Waals surface area contributed by atoms with Crippen LogP contribution in [0.1, 0.15) is 22.5 Å². The van der Waals surface area contributed by atoms with Crippen LogP contribution in [-0.2, 0) is 22.8 Å². The van der Waals surface area contributed by atoms with Crippen molar-refractivity contribution in [2.45, 2.75) is 31.7 Å². The third-order valence-electron chi connectivity index (χ3n) is 4.79. The Morgan fingerprint density at radius 3 is 2.68 bits per heavy atom. The second-order valence-corrected chi connectivity index (χ2v) is 8.97. The third kappa shape index (κ3) is 4.15. The molecule has 2 N–H and O–H groups in total. The van der Waals surface area contributed by atoms with Gasteiger partial charge in [0, 0.05) is 36.2 Å². The molecule has 0 unspecified atom stereocenters. The van der Waals surface area contributed by atoms with E-state index >= 15 is 0 Å². The Morgan fingerprint density at radius 2 is 2.00 bits per heavy atom. The highest BCUT2D eigenvalue weighted by atomic mass is 32.2. The van der Waals surface area contributed by atoms with E-state index in [0.29, 0.717) is 6.42 Å². The van der Waals surface area contributed by atoms with Gasteiger partial charge in [-0.3, -0.25) is 4.98 Å². The monoisotopic (exact) mass is 401 g/mol. The van der Waals surface area contributed by atoms with Gasteiger partial charge in [-0.25, -0.2) is 12.8 Å². The summed E-state index contributed by atoms with van der Waals surface area (Å²) in [6.45, 7) is 4.08. The SMILES string of the molecule is Cc1ccc2c(n1)c(Cc1cccc(S(C)(=O)=O)c1)c(C)n2C/C(F)=C/CN. The highest BCUT2D eigenvalue weighted by Gasteiger charge is 2.17. The lowest BCUT2D eigenvalue weighted by molar-refractivity contribution is 0.554. The highest BCUT2D eigenvalue weighted by Crippen LogP contribution is 2.28. The van der Waals surface area contributed by atoms with Gasteiger partial charge in [-0.1, -0.05) is 12.1 Å². The number of hydrogen-bond acceptors (Lipinski definition) is 4. The topological polar surface area (TPSA) is 78.0 Å². The number of fused-ring (bicyclic) bond motifs is 1. The van der Waals surface area contributed by atoms with Gasteiger partial charge in [0.2, 0.25) is 0 Å². The molecule has 0 atom stereocenters. The van der Waals surface area contributed by atoms with Crippen LogP contribution < -0.4 is 5.73 Å². The average molecular weight is 402 g/mol. The molecule has 0 amide bonds. The van der Waals surface area contributed by atoms with E-state index in [1.807, 2.05) is 36.6 Å². The molecule has 1 aromatic carbocycles. The lowest BCUT2D eigenvalue weighted by Crippen LogP contribution is -2.04. The number of nitrogens with zero attached hydrogens (tertiary/aromatic N) is 2. The zero-order valence-corrected chi connectivity index (χ0v) is 17.1. The predicted molar refractivity (Wildman–Crippen MR) is 110 cm³/mol. The lowest BCUT2D eigenvalue weighted by atomic mass is 10.0. The van der Waals surface area contributed by atoms with Gasteiger partial charge in [0.25, 0.3) is 0 Å². The van der Waals surface area contributed by atoms with Crippen molar-refractivity contribution < 1.29 is 12.8 Å². The number of aromatic nitrogens is 2. The number of hydrogen-bond donors (Lipinski definition) is 1. The molecular formula is C21H24FN3O2S. The third-order valence-corrected chi connectivity index (χ3v) is 5.90. The van der Waals surface area contributed by atoms with Crippen LogP contribution in [0.4, 0.5) is 4.39 Å². The molecule has 28 heavy (non-hydrogen) atoms. The predicted octanol–water partition coefficient (Wildman–Crippen LogP) is 3.46. The summed E-state index contributed by atoms with van der Waals surface area (Å²) >= 11 is 0. The van der Waals surface area contributed by atoms with Gasteiger partial charge < -0.3 is 10.3 Å². The number of benzene rings is 1. The largest absolute Gasteiger partial charge is 0.336 e. The molecule has 0 saturated carbocycles. The first-order valence-corrected chi connectivity index (χ1v) is 10.9. The summed E-state index contributed by atoms with van der Waals surface area (Å²) in [6, 6.07) is 10.7. The molecule has 2 heterocycles. The zero-order valence-electron chi connectivity index (χ0n) is 16.2. The molecule has 0 saturated heterocycles. The first-order valence-electron chi connectivity index (χ1n) is 8.99. The van der Waals surface area contributed by atoms with E-state index in [1.54, 1.807) is 18.2 Å². The molecule has 0 bridgehead atoms. The van der Waals surface area contributed by atoms with Gasteiger partial charge in [-0.2, -0.15) is 0 Å². The first kappa shape index (κ1) is 20.2. The molecule has 0 fully saturated rings. The first-order chi connectivity index (χ1) is 13.2. The van der Waals surface area contributed by atoms with E-state index in [9.17, 15) is 12.8 Å². The van der Waals surface area contributed by atoms with Crippen LogP contribution in [0.5, 0.6) is 0 Å². The van der Waals surface area contributed by atoms with E-state index in [2.05, 4.69) is 4.98 Å². The van der Waals surface area contributed by atoms with Crippen molar-refractivity contribution in [1.82, 2.24) is 9.55 Å². The van der Waals surface area contributed by atoms with E-state index < -0.39 is 9.84 Å². The quantitative estimate of drug-likeness (QED) is 0.686. The Labute approximate surface area is 164 Å². The van der Waals surface area contributed by atoms with Crippen LogP contribution in [-0.4, -0.2) is 30.8 Å². The number of rotatable bonds is 6. The van der Waals surface area contributed by atoms with Crippen LogP contribution in [0.3, 0.4) is 0 Å². The number of aryl methyl sites for hydroxylation is 1. The van der Waals surface area contributed by atoms with Crippen molar-refractivity contribution in [2.24, 2.45) is 5.73 Å². The minimum Gasteiger partial charge on any atom is -0.336 e.